The third-order valence-electron chi connectivity index (χ3n) is 5.89. The summed E-state index contributed by atoms with van der Waals surface area (Å²) in [6.07, 6.45) is 5.87. The number of hydrogen-bond donors (Lipinski definition) is 1. The highest BCUT2D eigenvalue weighted by molar-refractivity contribution is 5.99. The Hall–Kier alpha value is -2.40. The van der Waals surface area contributed by atoms with E-state index in [9.17, 15) is 9.18 Å². The number of carbonyl (C=O) groups is 1. The van der Waals surface area contributed by atoms with Crippen LogP contribution >= 0.6 is 0 Å². The Balaban J connectivity index is 1.51. The minimum atomic E-state index is -0.914. The highest BCUT2D eigenvalue weighted by Crippen LogP contribution is 2.37. The van der Waals surface area contributed by atoms with Crippen LogP contribution in [0.1, 0.15) is 44.1 Å². The summed E-state index contributed by atoms with van der Waals surface area (Å²) < 4.78 is 26.0. The second-order valence-electron chi connectivity index (χ2n) is 7.68. The first kappa shape index (κ1) is 18.9. The molecule has 4 rings (SSSR count). The predicted octanol–water partition coefficient (Wildman–Crippen LogP) is 4.83. The van der Waals surface area contributed by atoms with Crippen LogP contribution in [0.5, 0.6) is 5.75 Å². The molecule has 148 valence electrons. The molecule has 2 fully saturated rings. The molecule has 4 nitrogen and oxygen atoms in total. The third-order valence-corrected chi connectivity index (χ3v) is 5.89. The normalized spacial score (nSPS) is 19.3. The van der Waals surface area contributed by atoms with Gasteiger partial charge in [-0.25, -0.2) is 4.39 Å². The molecule has 1 aliphatic heterocycles. The molecule has 0 aromatic heterocycles. The molecule has 1 saturated carbocycles. The van der Waals surface area contributed by atoms with Crippen LogP contribution in [0.25, 0.3) is 0 Å². The van der Waals surface area contributed by atoms with Crippen molar-refractivity contribution in [3.8, 4) is 5.75 Å². The van der Waals surface area contributed by atoms with Crippen LogP contribution < -0.4 is 10.1 Å². The Kier molecular flexibility index (Phi) is 5.62. The second kappa shape index (κ2) is 8.31. The molecule has 0 bridgehead atoms. The molecule has 1 aliphatic carbocycles. The Morgan fingerprint density at radius 1 is 1.04 bits per heavy atom. The number of ether oxygens (including phenoxy) is 2. The first-order valence-electron chi connectivity index (χ1n) is 10.1. The average Bonchev–Trinajstić information content (AvgIpc) is 3.23. The summed E-state index contributed by atoms with van der Waals surface area (Å²) in [4.78, 5) is 13.2. The van der Waals surface area contributed by atoms with Gasteiger partial charge in [0, 0.05) is 24.5 Å². The van der Waals surface area contributed by atoms with Crippen LogP contribution in [0.4, 0.5) is 10.1 Å². The van der Waals surface area contributed by atoms with Gasteiger partial charge in [0.2, 0.25) is 5.91 Å². The molecule has 0 spiro atoms. The molecule has 0 radical (unpaired) electrons. The summed E-state index contributed by atoms with van der Waals surface area (Å²) in [7, 11) is 0. The molecule has 1 amide bonds. The van der Waals surface area contributed by atoms with Crippen molar-refractivity contribution < 1.29 is 18.7 Å². The van der Waals surface area contributed by atoms with Crippen molar-refractivity contribution >= 4 is 11.6 Å². The van der Waals surface area contributed by atoms with E-state index in [1.165, 1.54) is 18.9 Å². The van der Waals surface area contributed by atoms with Gasteiger partial charge in [-0.05, 0) is 68.9 Å². The summed E-state index contributed by atoms with van der Waals surface area (Å²) in [5, 5.41) is 2.98. The molecule has 0 atom stereocenters. The quantitative estimate of drug-likeness (QED) is 0.804. The maximum Gasteiger partial charge on any atom is 0.235 e. The monoisotopic (exact) mass is 383 g/mol. The minimum Gasteiger partial charge on any atom is -0.490 e. The van der Waals surface area contributed by atoms with Crippen molar-refractivity contribution in [3.05, 3.63) is 59.9 Å². The van der Waals surface area contributed by atoms with Crippen molar-refractivity contribution in [1.29, 1.82) is 0 Å². The van der Waals surface area contributed by atoms with E-state index in [1.54, 1.807) is 18.2 Å². The van der Waals surface area contributed by atoms with Crippen LogP contribution in [-0.4, -0.2) is 25.2 Å². The molecular weight excluding hydrogens is 357 g/mol. The van der Waals surface area contributed by atoms with Gasteiger partial charge in [-0.1, -0.05) is 18.2 Å². The van der Waals surface area contributed by atoms with Gasteiger partial charge < -0.3 is 14.8 Å². The lowest BCUT2D eigenvalue weighted by atomic mass is 9.73. The molecule has 2 aliphatic rings. The van der Waals surface area contributed by atoms with Gasteiger partial charge in [-0.15, -0.1) is 0 Å². The number of rotatable bonds is 5. The molecule has 1 N–H and O–H groups in total. The van der Waals surface area contributed by atoms with Gasteiger partial charge in [0.25, 0.3) is 0 Å². The van der Waals surface area contributed by atoms with Crippen LogP contribution in [0, 0.1) is 5.82 Å². The zero-order valence-corrected chi connectivity index (χ0v) is 16.0. The molecule has 5 heteroatoms. The Labute approximate surface area is 165 Å². The van der Waals surface area contributed by atoms with Crippen LogP contribution in [0.15, 0.2) is 48.5 Å². The molecule has 1 heterocycles. The van der Waals surface area contributed by atoms with Crippen molar-refractivity contribution in [2.24, 2.45) is 0 Å². The van der Waals surface area contributed by atoms with Crippen LogP contribution in [0.2, 0.25) is 0 Å². The fraction of sp³-hybridized carbons (Fsp3) is 0.435. The highest BCUT2D eigenvalue weighted by atomic mass is 19.1. The number of benzene rings is 2. The van der Waals surface area contributed by atoms with Gasteiger partial charge in [0.05, 0.1) is 11.5 Å². The largest absolute Gasteiger partial charge is 0.490 e. The smallest absolute Gasteiger partial charge is 0.235 e. The first-order valence-corrected chi connectivity index (χ1v) is 10.1. The van der Waals surface area contributed by atoms with Crippen molar-refractivity contribution in [1.82, 2.24) is 0 Å². The van der Waals surface area contributed by atoms with E-state index in [2.05, 4.69) is 5.32 Å². The Morgan fingerprint density at radius 2 is 1.71 bits per heavy atom. The number of anilines is 1. The maximum absolute atomic E-state index is 14.5. The molecule has 2 aromatic carbocycles. The van der Waals surface area contributed by atoms with E-state index in [4.69, 9.17) is 9.47 Å². The third kappa shape index (κ3) is 3.90. The zero-order valence-electron chi connectivity index (χ0n) is 16.0. The van der Waals surface area contributed by atoms with E-state index in [0.29, 0.717) is 43.4 Å². The van der Waals surface area contributed by atoms with E-state index in [1.807, 2.05) is 24.3 Å². The highest BCUT2D eigenvalue weighted by Gasteiger charge is 2.43. The second-order valence-corrected chi connectivity index (χ2v) is 7.68. The lowest BCUT2D eigenvalue weighted by Gasteiger charge is -2.36. The van der Waals surface area contributed by atoms with E-state index in [0.717, 1.165) is 18.6 Å². The SMILES string of the molecule is O=C(Nc1ccc(OC2CCCC2)cc1)C1(c2ccccc2F)CCOCC1. The number of carbonyl (C=O) groups excluding carboxylic acids is 1. The summed E-state index contributed by atoms with van der Waals surface area (Å²) >= 11 is 0. The number of nitrogens with one attached hydrogen (secondary N) is 1. The standard InChI is InChI=1S/C23H26FNO3/c24-21-8-4-3-7-20(21)23(13-15-27-16-14-23)22(26)25-17-9-11-19(12-10-17)28-18-5-1-2-6-18/h3-4,7-12,18H,1-2,5-6,13-16H2,(H,25,26). The summed E-state index contributed by atoms with van der Waals surface area (Å²) in [6.45, 7) is 0.881. The molecule has 2 aromatic rings. The van der Waals surface area contributed by atoms with Crippen LogP contribution in [-0.2, 0) is 14.9 Å². The topological polar surface area (TPSA) is 47.6 Å². The summed E-state index contributed by atoms with van der Waals surface area (Å²) in [6, 6.07) is 14.0. The average molecular weight is 383 g/mol. The van der Waals surface area contributed by atoms with E-state index in [-0.39, 0.29) is 11.7 Å². The predicted molar refractivity (Wildman–Crippen MR) is 106 cm³/mol. The Bertz CT molecular complexity index is 809. The van der Waals surface area contributed by atoms with Gasteiger partial charge in [0.15, 0.2) is 0 Å². The number of amides is 1. The summed E-state index contributed by atoms with van der Waals surface area (Å²) in [5.41, 5.74) is 0.214. The first-order chi connectivity index (χ1) is 13.7. The van der Waals surface area contributed by atoms with E-state index >= 15 is 0 Å². The molecule has 1 saturated heterocycles. The zero-order chi connectivity index (χ0) is 19.4. The van der Waals surface area contributed by atoms with Crippen molar-refractivity contribution in [2.45, 2.75) is 50.0 Å². The Morgan fingerprint density at radius 3 is 2.39 bits per heavy atom. The van der Waals surface area contributed by atoms with Gasteiger partial charge in [-0.2, -0.15) is 0 Å². The molecule has 0 unspecified atom stereocenters. The van der Waals surface area contributed by atoms with Gasteiger partial charge >= 0.3 is 0 Å². The maximum atomic E-state index is 14.5. The van der Waals surface area contributed by atoms with Crippen LogP contribution in [0.3, 0.4) is 0 Å². The van der Waals surface area contributed by atoms with Gasteiger partial charge in [-0.3, -0.25) is 4.79 Å². The van der Waals surface area contributed by atoms with Gasteiger partial charge in [0.1, 0.15) is 11.6 Å². The lowest BCUT2D eigenvalue weighted by molar-refractivity contribution is -0.125. The fourth-order valence-electron chi connectivity index (χ4n) is 4.25. The van der Waals surface area contributed by atoms with E-state index < -0.39 is 5.41 Å². The minimum absolute atomic E-state index is 0.189. The van der Waals surface area contributed by atoms with Crippen molar-refractivity contribution in [2.75, 3.05) is 18.5 Å². The number of halogens is 1. The summed E-state index contributed by atoms with van der Waals surface area (Å²) in [5.74, 6) is 0.282. The number of hydrogen-bond acceptors (Lipinski definition) is 3. The molecular formula is C23H26FNO3. The fourth-order valence-corrected chi connectivity index (χ4v) is 4.25. The lowest BCUT2D eigenvalue weighted by Crippen LogP contribution is -2.45. The van der Waals surface area contributed by atoms with Crippen molar-refractivity contribution in [3.63, 3.8) is 0 Å². The molecule has 28 heavy (non-hydrogen) atoms.